The quantitative estimate of drug-likeness (QED) is 0.787. The molecule has 6 nitrogen and oxygen atoms in total. The largest absolute Gasteiger partial charge is 0.480 e. The lowest BCUT2D eigenvalue weighted by molar-refractivity contribution is -0.157. The van der Waals surface area contributed by atoms with Gasteiger partial charge in [-0.15, -0.1) is 0 Å². The van der Waals surface area contributed by atoms with Gasteiger partial charge in [-0.05, 0) is 33.1 Å². The summed E-state index contributed by atoms with van der Waals surface area (Å²) < 4.78 is 5.64. The second-order valence-electron chi connectivity index (χ2n) is 6.20. The lowest BCUT2D eigenvalue weighted by Gasteiger charge is -2.41. The SMILES string of the molecule is CC(C)(C(=O)N1CCCCC1)C1CNC(C(=O)O)CO1. The standard InChI is InChI=1S/C14H24N2O4/c1-14(2,13(19)16-6-4-3-5-7-16)11-8-15-10(9-20-11)12(17)18/h10-11,15H,3-9H2,1-2H3,(H,17,18). The highest BCUT2D eigenvalue weighted by atomic mass is 16.5. The Bertz CT molecular complexity index is 369. The predicted octanol–water partition coefficient (Wildman–Crippen LogP) is 0.467. The van der Waals surface area contributed by atoms with Crippen molar-refractivity contribution in [1.82, 2.24) is 10.2 Å². The molecule has 2 aliphatic rings. The minimum Gasteiger partial charge on any atom is -0.480 e. The van der Waals surface area contributed by atoms with Crippen LogP contribution in [0.2, 0.25) is 0 Å². The number of piperidine rings is 1. The van der Waals surface area contributed by atoms with Crippen molar-refractivity contribution in [1.29, 1.82) is 0 Å². The highest BCUT2D eigenvalue weighted by molar-refractivity contribution is 5.83. The van der Waals surface area contributed by atoms with Gasteiger partial charge in [-0.1, -0.05) is 0 Å². The summed E-state index contributed by atoms with van der Waals surface area (Å²) in [6, 6.07) is -0.674. The van der Waals surface area contributed by atoms with E-state index in [0.717, 1.165) is 25.9 Å². The first-order valence-corrected chi connectivity index (χ1v) is 7.30. The third kappa shape index (κ3) is 3.12. The Morgan fingerprint density at radius 1 is 1.25 bits per heavy atom. The number of morpholine rings is 1. The summed E-state index contributed by atoms with van der Waals surface area (Å²) in [6.45, 7) is 5.91. The van der Waals surface area contributed by atoms with Crippen LogP contribution in [0.4, 0.5) is 0 Å². The van der Waals surface area contributed by atoms with Gasteiger partial charge in [-0.3, -0.25) is 14.9 Å². The van der Waals surface area contributed by atoms with Crippen LogP contribution in [0, 0.1) is 5.41 Å². The van der Waals surface area contributed by atoms with E-state index in [0.29, 0.717) is 6.54 Å². The number of carbonyl (C=O) groups excluding carboxylic acids is 1. The van der Waals surface area contributed by atoms with Crippen LogP contribution < -0.4 is 5.32 Å². The fourth-order valence-electron chi connectivity index (χ4n) is 2.84. The van der Waals surface area contributed by atoms with Crippen LogP contribution in [0.15, 0.2) is 0 Å². The smallest absolute Gasteiger partial charge is 0.323 e. The monoisotopic (exact) mass is 284 g/mol. The predicted molar refractivity (Wildman–Crippen MR) is 73.4 cm³/mol. The van der Waals surface area contributed by atoms with E-state index in [2.05, 4.69) is 5.32 Å². The highest BCUT2D eigenvalue weighted by Crippen LogP contribution is 2.29. The molecule has 0 bridgehead atoms. The molecule has 114 valence electrons. The molecule has 0 radical (unpaired) electrons. The molecule has 20 heavy (non-hydrogen) atoms. The number of amides is 1. The number of ether oxygens (including phenoxy) is 1. The van der Waals surface area contributed by atoms with Crippen molar-refractivity contribution < 1.29 is 19.4 Å². The number of carboxylic acids is 1. The summed E-state index contributed by atoms with van der Waals surface area (Å²) in [6.07, 6.45) is 3.03. The molecule has 0 aromatic carbocycles. The summed E-state index contributed by atoms with van der Waals surface area (Å²) in [7, 11) is 0. The third-order valence-electron chi connectivity index (χ3n) is 4.31. The molecule has 6 heteroatoms. The first kappa shape index (κ1) is 15.3. The number of likely N-dealkylation sites (tertiary alicyclic amines) is 1. The summed E-state index contributed by atoms with van der Waals surface area (Å²) >= 11 is 0. The molecule has 0 spiro atoms. The Kier molecular flexibility index (Phi) is 4.65. The molecule has 2 fully saturated rings. The van der Waals surface area contributed by atoms with Crippen molar-refractivity contribution in [3.63, 3.8) is 0 Å². The first-order chi connectivity index (χ1) is 9.43. The topological polar surface area (TPSA) is 78.9 Å². The average molecular weight is 284 g/mol. The lowest BCUT2D eigenvalue weighted by atomic mass is 9.83. The Balaban J connectivity index is 1.96. The van der Waals surface area contributed by atoms with Crippen molar-refractivity contribution in [2.24, 2.45) is 5.41 Å². The van der Waals surface area contributed by atoms with Crippen LogP contribution >= 0.6 is 0 Å². The molecular formula is C14H24N2O4. The van der Waals surface area contributed by atoms with Crippen LogP contribution in [-0.2, 0) is 14.3 Å². The first-order valence-electron chi connectivity index (χ1n) is 7.30. The molecule has 2 rings (SSSR count). The van der Waals surface area contributed by atoms with Gasteiger partial charge < -0.3 is 14.7 Å². The number of nitrogens with one attached hydrogen (secondary N) is 1. The van der Waals surface area contributed by atoms with Crippen LogP contribution in [0.5, 0.6) is 0 Å². The van der Waals surface area contributed by atoms with E-state index >= 15 is 0 Å². The van der Waals surface area contributed by atoms with Gasteiger partial charge in [0.05, 0.1) is 18.1 Å². The fraction of sp³-hybridized carbons (Fsp3) is 0.857. The molecule has 1 amide bonds. The van der Waals surface area contributed by atoms with Crippen molar-refractivity contribution in [3.8, 4) is 0 Å². The van der Waals surface area contributed by atoms with E-state index in [1.54, 1.807) is 0 Å². The van der Waals surface area contributed by atoms with Gasteiger partial charge in [0.15, 0.2) is 0 Å². The molecule has 0 aromatic rings. The van der Waals surface area contributed by atoms with E-state index < -0.39 is 17.4 Å². The van der Waals surface area contributed by atoms with Crippen LogP contribution in [0.25, 0.3) is 0 Å². The molecule has 0 aromatic heterocycles. The van der Waals surface area contributed by atoms with Gasteiger partial charge in [-0.2, -0.15) is 0 Å². The lowest BCUT2D eigenvalue weighted by Crippen LogP contribution is -2.58. The van der Waals surface area contributed by atoms with E-state index in [1.807, 2.05) is 18.7 Å². The maximum atomic E-state index is 12.6. The second kappa shape index (κ2) is 6.10. The van der Waals surface area contributed by atoms with E-state index in [4.69, 9.17) is 9.84 Å². The Hall–Kier alpha value is -1.14. The zero-order chi connectivity index (χ0) is 14.8. The Morgan fingerprint density at radius 2 is 1.90 bits per heavy atom. The molecule has 0 saturated carbocycles. The number of rotatable bonds is 3. The minimum absolute atomic E-state index is 0.108. The summed E-state index contributed by atoms with van der Waals surface area (Å²) in [4.78, 5) is 25.4. The van der Waals surface area contributed by atoms with Crippen molar-refractivity contribution in [3.05, 3.63) is 0 Å². The fourth-order valence-corrected chi connectivity index (χ4v) is 2.84. The van der Waals surface area contributed by atoms with Crippen molar-refractivity contribution in [2.45, 2.75) is 45.3 Å². The third-order valence-corrected chi connectivity index (χ3v) is 4.31. The number of hydrogen-bond acceptors (Lipinski definition) is 4. The van der Waals surface area contributed by atoms with Crippen LogP contribution in [-0.4, -0.2) is 60.3 Å². The van der Waals surface area contributed by atoms with Gasteiger partial charge in [-0.25, -0.2) is 0 Å². The van der Waals surface area contributed by atoms with E-state index in [9.17, 15) is 9.59 Å². The number of hydrogen-bond donors (Lipinski definition) is 2. The van der Waals surface area contributed by atoms with Gasteiger partial charge >= 0.3 is 5.97 Å². The molecule has 2 saturated heterocycles. The van der Waals surface area contributed by atoms with E-state index in [-0.39, 0.29) is 18.6 Å². The van der Waals surface area contributed by atoms with Crippen LogP contribution in [0.1, 0.15) is 33.1 Å². The second-order valence-corrected chi connectivity index (χ2v) is 6.20. The molecular weight excluding hydrogens is 260 g/mol. The summed E-state index contributed by atoms with van der Waals surface area (Å²) in [5.41, 5.74) is -0.631. The minimum atomic E-state index is -0.913. The molecule has 2 heterocycles. The molecule has 2 N–H and O–H groups in total. The normalized spacial score (nSPS) is 28.2. The van der Waals surface area contributed by atoms with Gasteiger partial charge in [0, 0.05) is 19.6 Å². The molecule has 2 unspecified atom stereocenters. The molecule has 0 aliphatic carbocycles. The van der Waals surface area contributed by atoms with E-state index in [1.165, 1.54) is 6.42 Å². The average Bonchev–Trinajstić information content (AvgIpc) is 2.47. The number of aliphatic carboxylic acids is 1. The maximum absolute atomic E-state index is 12.6. The number of carboxylic acid groups (broad SMARTS) is 1. The Labute approximate surface area is 119 Å². The maximum Gasteiger partial charge on any atom is 0.323 e. The highest BCUT2D eigenvalue weighted by Gasteiger charge is 2.43. The molecule has 2 atom stereocenters. The zero-order valence-electron chi connectivity index (χ0n) is 12.2. The van der Waals surface area contributed by atoms with Gasteiger partial charge in [0.2, 0.25) is 5.91 Å². The number of nitrogens with zero attached hydrogens (tertiary/aromatic N) is 1. The molecule has 2 aliphatic heterocycles. The Morgan fingerprint density at radius 3 is 2.40 bits per heavy atom. The number of carbonyl (C=O) groups is 2. The van der Waals surface area contributed by atoms with Gasteiger partial charge in [0.25, 0.3) is 0 Å². The van der Waals surface area contributed by atoms with Crippen LogP contribution in [0.3, 0.4) is 0 Å². The summed E-state index contributed by atoms with van der Waals surface area (Å²) in [5, 5.41) is 11.9. The zero-order valence-corrected chi connectivity index (χ0v) is 12.2. The van der Waals surface area contributed by atoms with Gasteiger partial charge in [0.1, 0.15) is 6.04 Å². The van der Waals surface area contributed by atoms with Crippen molar-refractivity contribution in [2.75, 3.05) is 26.2 Å². The summed E-state index contributed by atoms with van der Waals surface area (Å²) in [5.74, 6) is -0.804. The van der Waals surface area contributed by atoms with Crippen molar-refractivity contribution >= 4 is 11.9 Å².